The van der Waals surface area contributed by atoms with Crippen molar-refractivity contribution in [2.45, 2.75) is 50.6 Å². The van der Waals surface area contributed by atoms with Gasteiger partial charge in [-0.05, 0) is 67.2 Å². The van der Waals surface area contributed by atoms with Gasteiger partial charge in [0, 0.05) is 43.2 Å². The molecular weight excluding hydrogens is 519 g/mol. The van der Waals surface area contributed by atoms with Gasteiger partial charge in [0.05, 0.1) is 29.1 Å². The number of likely N-dealkylation sites (tertiary alicyclic amines) is 1. The van der Waals surface area contributed by atoms with Crippen LogP contribution in [0.4, 0.5) is 18.9 Å². The number of nitrogens with one attached hydrogen (secondary N) is 1. The Labute approximate surface area is 230 Å². The first-order valence-electron chi connectivity index (χ1n) is 13.8. The predicted molar refractivity (Wildman–Crippen MR) is 142 cm³/mol. The molecule has 2 saturated carbocycles. The highest BCUT2D eigenvalue weighted by molar-refractivity contribution is 6.06. The highest BCUT2D eigenvalue weighted by atomic mass is 19.4. The molecule has 2 aromatic heterocycles. The summed E-state index contributed by atoms with van der Waals surface area (Å²) in [5.41, 5.74) is -0.229. The lowest BCUT2D eigenvalue weighted by Gasteiger charge is -2.39. The van der Waals surface area contributed by atoms with Gasteiger partial charge in [0.15, 0.2) is 0 Å². The molecule has 7 nitrogen and oxygen atoms in total. The number of halogens is 3. The number of carbonyl (C=O) groups excluding carboxylic acids is 2. The second-order valence-electron chi connectivity index (χ2n) is 11.4. The summed E-state index contributed by atoms with van der Waals surface area (Å²) in [5, 5.41) is 11.6. The first-order valence-corrected chi connectivity index (χ1v) is 13.8. The fourth-order valence-corrected chi connectivity index (χ4v) is 7.28. The molecular formula is C30H30F3N5O2. The van der Waals surface area contributed by atoms with Crippen LogP contribution in [0.3, 0.4) is 0 Å². The Morgan fingerprint density at radius 2 is 1.80 bits per heavy atom. The molecule has 40 heavy (non-hydrogen) atoms. The largest absolute Gasteiger partial charge is 0.419 e. The summed E-state index contributed by atoms with van der Waals surface area (Å²) in [6, 6.07) is 7.74. The minimum atomic E-state index is -4.76. The van der Waals surface area contributed by atoms with Crippen LogP contribution in [-0.2, 0) is 18.0 Å². The lowest BCUT2D eigenvalue weighted by atomic mass is 9.79. The van der Waals surface area contributed by atoms with Crippen LogP contribution in [0.1, 0.15) is 71.5 Å². The number of pyridine rings is 1. The number of aromatic nitrogens is 2. The molecule has 2 amide bonds. The molecule has 2 bridgehead atoms. The van der Waals surface area contributed by atoms with Crippen molar-refractivity contribution < 1.29 is 22.8 Å². The number of hydrogen-bond donors (Lipinski definition) is 1. The third-order valence-electron chi connectivity index (χ3n) is 9.01. The van der Waals surface area contributed by atoms with E-state index in [1.54, 1.807) is 17.8 Å². The number of rotatable bonds is 4. The third kappa shape index (κ3) is 4.51. The van der Waals surface area contributed by atoms with E-state index in [-0.39, 0.29) is 51.7 Å². The summed E-state index contributed by atoms with van der Waals surface area (Å²) < 4.78 is 45.9. The van der Waals surface area contributed by atoms with E-state index in [2.05, 4.69) is 10.3 Å². The minimum Gasteiger partial charge on any atom is -0.342 e. The number of aryl methyl sites for hydroxylation is 1. The van der Waals surface area contributed by atoms with Crippen molar-refractivity contribution in [2.24, 2.45) is 24.8 Å². The summed E-state index contributed by atoms with van der Waals surface area (Å²) in [7, 11) is 1.69. The predicted octanol–water partition coefficient (Wildman–Crippen LogP) is 5.86. The van der Waals surface area contributed by atoms with E-state index in [0.29, 0.717) is 18.7 Å². The van der Waals surface area contributed by atoms with Crippen molar-refractivity contribution in [3.05, 3.63) is 58.9 Å². The van der Waals surface area contributed by atoms with Gasteiger partial charge in [-0.1, -0.05) is 18.9 Å². The number of nitrogens with zero attached hydrogens (tertiary/aromatic N) is 4. The first-order chi connectivity index (χ1) is 19.2. The van der Waals surface area contributed by atoms with Gasteiger partial charge >= 0.3 is 6.18 Å². The van der Waals surface area contributed by atoms with Crippen LogP contribution in [0.5, 0.6) is 0 Å². The number of anilines is 1. The molecule has 3 heterocycles. The fourth-order valence-electron chi connectivity index (χ4n) is 7.28. The number of piperidine rings is 1. The van der Waals surface area contributed by atoms with E-state index in [9.17, 15) is 22.8 Å². The second kappa shape index (κ2) is 9.95. The van der Waals surface area contributed by atoms with Crippen molar-refractivity contribution in [1.29, 1.82) is 5.26 Å². The molecule has 0 spiro atoms. The maximum Gasteiger partial charge on any atom is 0.419 e. The van der Waals surface area contributed by atoms with Crippen molar-refractivity contribution >= 4 is 28.5 Å². The zero-order chi connectivity index (χ0) is 28.2. The highest BCUT2D eigenvalue weighted by Crippen LogP contribution is 2.52. The molecule has 1 saturated heterocycles. The van der Waals surface area contributed by atoms with E-state index in [0.717, 1.165) is 44.7 Å². The number of carbonyl (C=O) groups is 2. The molecule has 1 aliphatic heterocycles. The molecule has 208 valence electrons. The number of benzene rings is 1. The average molecular weight is 550 g/mol. The van der Waals surface area contributed by atoms with E-state index >= 15 is 0 Å². The van der Waals surface area contributed by atoms with E-state index in [1.807, 2.05) is 11.0 Å². The summed E-state index contributed by atoms with van der Waals surface area (Å²) in [6.45, 7) is 1.13. The Morgan fingerprint density at radius 1 is 1.10 bits per heavy atom. The Morgan fingerprint density at radius 3 is 2.45 bits per heavy atom. The number of hydrogen-bond acceptors (Lipinski definition) is 4. The molecule has 3 aliphatic rings. The van der Waals surface area contributed by atoms with Crippen molar-refractivity contribution in [3.8, 4) is 6.07 Å². The molecule has 0 unspecified atom stereocenters. The highest BCUT2D eigenvalue weighted by Gasteiger charge is 2.47. The van der Waals surface area contributed by atoms with E-state index in [1.165, 1.54) is 24.3 Å². The van der Waals surface area contributed by atoms with Crippen LogP contribution in [0.25, 0.3) is 11.0 Å². The van der Waals surface area contributed by atoms with Gasteiger partial charge in [-0.3, -0.25) is 9.59 Å². The number of fused-ring (bicyclic) bond motifs is 3. The van der Waals surface area contributed by atoms with Crippen LogP contribution in [0.15, 0.2) is 36.7 Å². The minimum absolute atomic E-state index is 0.0102. The Hall–Kier alpha value is -3.87. The Balaban J connectivity index is 1.38. The molecule has 0 radical (unpaired) electrons. The Bertz CT molecular complexity index is 1520. The molecule has 1 aromatic carbocycles. The van der Waals surface area contributed by atoms with Gasteiger partial charge in [-0.2, -0.15) is 18.4 Å². The van der Waals surface area contributed by atoms with Gasteiger partial charge in [0.2, 0.25) is 5.91 Å². The van der Waals surface area contributed by atoms with Gasteiger partial charge in [-0.25, -0.2) is 4.98 Å². The fraction of sp³-hybridized carbons (Fsp3) is 0.467. The zero-order valence-corrected chi connectivity index (χ0v) is 22.2. The van der Waals surface area contributed by atoms with Gasteiger partial charge in [0.1, 0.15) is 5.65 Å². The monoisotopic (exact) mass is 549 g/mol. The Kier molecular flexibility index (Phi) is 6.56. The van der Waals surface area contributed by atoms with Crippen molar-refractivity contribution in [2.75, 3.05) is 18.4 Å². The maximum atomic E-state index is 14.8. The van der Waals surface area contributed by atoms with Gasteiger partial charge in [0.25, 0.3) is 5.91 Å². The van der Waals surface area contributed by atoms with Crippen molar-refractivity contribution in [3.63, 3.8) is 0 Å². The summed E-state index contributed by atoms with van der Waals surface area (Å²) in [5.74, 6) is -0.452. The van der Waals surface area contributed by atoms with Gasteiger partial charge < -0.3 is 14.8 Å². The normalized spacial score (nSPS) is 23.0. The lowest BCUT2D eigenvalue weighted by Crippen LogP contribution is -2.46. The average Bonchev–Trinajstić information content (AvgIpc) is 3.64. The number of nitriles is 1. The van der Waals surface area contributed by atoms with Crippen LogP contribution >= 0.6 is 0 Å². The SMILES string of the molecule is Cn1cc([C@@H]2[C@@H]3CC[C@H]2CN(C(=O)C2CCCC2)C3)c2c(C(F)(F)F)c(NC(=O)c3cccc(C#N)c3)cnc21. The molecule has 10 heteroatoms. The lowest BCUT2D eigenvalue weighted by molar-refractivity contribution is -0.137. The number of amides is 2. The molecule has 3 fully saturated rings. The van der Waals surface area contributed by atoms with Crippen LogP contribution < -0.4 is 5.32 Å². The molecule has 1 N–H and O–H groups in total. The molecule has 3 aromatic rings. The zero-order valence-electron chi connectivity index (χ0n) is 22.2. The van der Waals surface area contributed by atoms with Crippen LogP contribution in [0.2, 0.25) is 0 Å². The molecule has 2 aliphatic carbocycles. The van der Waals surface area contributed by atoms with Crippen LogP contribution in [-0.4, -0.2) is 39.4 Å². The summed E-state index contributed by atoms with van der Waals surface area (Å²) in [4.78, 5) is 32.4. The second-order valence-corrected chi connectivity index (χ2v) is 11.4. The van der Waals surface area contributed by atoms with Gasteiger partial charge in [-0.15, -0.1) is 0 Å². The van der Waals surface area contributed by atoms with E-state index in [4.69, 9.17) is 5.26 Å². The smallest absolute Gasteiger partial charge is 0.342 e. The topological polar surface area (TPSA) is 91.0 Å². The summed E-state index contributed by atoms with van der Waals surface area (Å²) in [6.07, 6.45) is 3.77. The first kappa shape index (κ1) is 26.4. The number of alkyl halides is 3. The summed E-state index contributed by atoms with van der Waals surface area (Å²) >= 11 is 0. The maximum absolute atomic E-state index is 14.8. The quantitative estimate of drug-likeness (QED) is 0.442. The third-order valence-corrected chi connectivity index (χ3v) is 9.01. The van der Waals surface area contributed by atoms with Crippen LogP contribution in [0, 0.1) is 29.1 Å². The van der Waals surface area contributed by atoms with Crippen molar-refractivity contribution in [1.82, 2.24) is 14.5 Å². The molecule has 3 atom stereocenters. The van der Waals surface area contributed by atoms with E-state index < -0.39 is 23.3 Å². The molecule has 6 rings (SSSR count). The standard InChI is InChI=1S/C30H30F3N5O2/c1-37-16-22(24-20-9-10-21(24)15-38(14-20)29(40)18-6-2-3-7-18)25-26(30(31,32)33)23(13-35-27(25)37)36-28(39)19-8-4-5-17(11-19)12-34/h4-5,8,11,13,16,18,20-21,24H,2-3,6-7,9-10,14-15H2,1H3,(H,36,39)/t20-,21+,24-.